The van der Waals surface area contributed by atoms with Crippen molar-refractivity contribution in [3.05, 3.63) is 40.5 Å². The largest absolute Gasteiger partial charge is 0.276 e. The molecule has 2 aromatic rings. The van der Waals surface area contributed by atoms with Crippen LogP contribution in [0.25, 0.3) is 10.9 Å². The van der Waals surface area contributed by atoms with Crippen molar-refractivity contribution in [2.24, 2.45) is 0 Å². The van der Waals surface area contributed by atoms with E-state index in [4.69, 9.17) is 11.6 Å². The van der Waals surface area contributed by atoms with Gasteiger partial charge in [0, 0.05) is 21.6 Å². The van der Waals surface area contributed by atoms with E-state index in [0.29, 0.717) is 5.56 Å². The number of rotatable bonds is 1. The molecule has 0 aliphatic carbocycles. The number of para-hydroxylation sites is 1. The number of fused-ring (bicyclic) bond motifs is 1. The van der Waals surface area contributed by atoms with Crippen LogP contribution in [0.3, 0.4) is 0 Å². The SMILES string of the molecule is O=C(Cl)c1ccnc2c(Br)cccc12. The monoisotopic (exact) mass is 269 g/mol. The zero-order chi connectivity index (χ0) is 10.1. The fourth-order valence-electron chi connectivity index (χ4n) is 1.31. The van der Waals surface area contributed by atoms with Crippen LogP contribution < -0.4 is 0 Å². The van der Waals surface area contributed by atoms with Gasteiger partial charge in [-0.3, -0.25) is 9.78 Å². The molecule has 1 heterocycles. The van der Waals surface area contributed by atoms with Crippen molar-refractivity contribution in [2.75, 3.05) is 0 Å². The minimum atomic E-state index is -0.462. The molecular formula is C10H5BrClNO. The van der Waals surface area contributed by atoms with Gasteiger partial charge in [-0.15, -0.1) is 0 Å². The molecule has 14 heavy (non-hydrogen) atoms. The molecule has 1 aromatic heterocycles. The van der Waals surface area contributed by atoms with Crippen LogP contribution in [-0.2, 0) is 0 Å². The highest BCUT2D eigenvalue weighted by Gasteiger charge is 2.08. The van der Waals surface area contributed by atoms with Crippen molar-refractivity contribution >= 4 is 43.7 Å². The Labute approximate surface area is 94.0 Å². The summed E-state index contributed by atoms with van der Waals surface area (Å²) >= 11 is 8.82. The molecule has 2 rings (SSSR count). The number of carbonyl (C=O) groups is 1. The second-order valence-corrected chi connectivity index (χ2v) is 3.97. The van der Waals surface area contributed by atoms with E-state index in [-0.39, 0.29) is 0 Å². The van der Waals surface area contributed by atoms with Gasteiger partial charge in [0.25, 0.3) is 5.24 Å². The van der Waals surface area contributed by atoms with Gasteiger partial charge in [0.1, 0.15) is 0 Å². The molecule has 0 bridgehead atoms. The Morgan fingerprint density at radius 1 is 1.36 bits per heavy atom. The topological polar surface area (TPSA) is 30.0 Å². The lowest BCUT2D eigenvalue weighted by atomic mass is 10.1. The molecule has 0 saturated carbocycles. The summed E-state index contributed by atoms with van der Waals surface area (Å²) in [5, 5.41) is 0.303. The van der Waals surface area contributed by atoms with Crippen molar-refractivity contribution in [3.8, 4) is 0 Å². The van der Waals surface area contributed by atoms with Gasteiger partial charge in [0.05, 0.1) is 5.52 Å². The highest BCUT2D eigenvalue weighted by Crippen LogP contribution is 2.24. The maximum atomic E-state index is 11.1. The van der Waals surface area contributed by atoms with Crippen molar-refractivity contribution in [1.29, 1.82) is 0 Å². The van der Waals surface area contributed by atoms with E-state index < -0.39 is 5.24 Å². The van der Waals surface area contributed by atoms with Gasteiger partial charge >= 0.3 is 0 Å². The average Bonchev–Trinajstić information content (AvgIpc) is 2.17. The predicted octanol–water partition coefficient (Wildman–Crippen LogP) is 3.38. The van der Waals surface area contributed by atoms with E-state index in [0.717, 1.165) is 15.4 Å². The molecule has 0 amide bonds. The Balaban J connectivity index is 2.88. The van der Waals surface area contributed by atoms with Crippen LogP contribution in [0.2, 0.25) is 0 Å². The van der Waals surface area contributed by atoms with Gasteiger partial charge in [-0.25, -0.2) is 0 Å². The summed E-state index contributed by atoms with van der Waals surface area (Å²) in [5.41, 5.74) is 1.23. The number of hydrogen-bond acceptors (Lipinski definition) is 2. The zero-order valence-corrected chi connectivity index (χ0v) is 9.34. The summed E-state index contributed by atoms with van der Waals surface area (Å²) in [7, 11) is 0. The van der Waals surface area contributed by atoms with Gasteiger partial charge in [0.2, 0.25) is 0 Å². The van der Waals surface area contributed by atoms with E-state index in [1.165, 1.54) is 0 Å². The second kappa shape index (κ2) is 3.67. The van der Waals surface area contributed by atoms with Gasteiger partial charge in [0.15, 0.2) is 0 Å². The second-order valence-electron chi connectivity index (χ2n) is 2.77. The normalized spacial score (nSPS) is 10.4. The summed E-state index contributed by atoms with van der Waals surface area (Å²) in [4.78, 5) is 15.3. The fourth-order valence-corrected chi connectivity index (χ4v) is 1.94. The number of nitrogens with zero attached hydrogens (tertiary/aromatic N) is 1. The van der Waals surface area contributed by atoms with E-state index in [1.807, 2.05) is 18.2 Å². The Hall–Kier alpha value is -0.930. The van der Waals surface area contributed by atoms with Crippen LogP contribution >= 0.6 is 27.5 Å². The molecule has 0 unspecified atom stereocenters. The molecule has 4 heteroatoms. The Morgan fingerprint density at radius 3 is 2.86 bits per heavy atom. The van der Waals surface area contributed by atoms with E-state index in [2.05, 4.69) is 20.9 Å². The minimum absolute atomic E-state index is 0.462. The molecule has 2 nitrogen and oxygen atoms in total. The first-order chi connectivity index (χ1) is 6.70. The Bertz CT molecular complexity index is 512. The lowest BCUT2D eigenvalue weighted by molar-refractivity contribution is 0.108. The lowest BCUT2D eigenvalue weighted by Crippen LogP contribution is -1.92. The molecule has 0 atom stereocenters. The van der Waals surface area contributed by atoms with Crippen LogP contribution in [0.4, 0.5) is 0 Å². The highest BCUT2D eigenvalue weighted by atomic mass is 79.9. The van der Waals surface area contributed by atoms with E-state index >= 15 is 0 Å². The quantitative estimate of drug-likeness (QED) is 0.744. The molecular weight excluding hydrogens is 265 g/mol. The first-order valence-electron chi connectivity index (χ1n) is 3.93. The molecule has 0 radical (unpaired) electrons. The van der Waals surface area contributed by atoms with Crippen molar-refractivity contribution in [2.45, 2.75) is 0 Å². The number of pyridine rings is 1. The van der Waals surface area contributed by atoms with Crippen LogP contribution in [0, 0.1) is 0 Å². The number of aromatic nitrogens is 1. The fraction of sp³-hybridized carbons (Fsp3) is 0. The third-order valence-corrected chi connectivity index (χ3v) is 2.78. The van der Waals surface area contributed by atoms with Crippen molar-refractivity contribution in [3.63, 3.8) is 0 Å². The average molecular weight is 271 g/mol. The molecule has 0 N–H and O–H groups in total. The maximum Gasteiger partial charge on any atom is 0.253 e. The molecule has 0 spiro atoms. The molecule has 0 aliphatic heterocycles. The summed E-state index contributed by atoms with van der Waals surface area (Å²) in [6.07, 6.45) is 1.57. The standard InChI is InChI=1S/C10H5BrClNO/c11-8-3-1-2-6-7(10(12)14)4-5-13-9(6)8/h1-5H. The van der Waals surface area contributed by atoms with E-state index in [1.54, 1.807) is 12.3 Å². The van der Waals surface area contributed by atoms with E-state index in [9.17, 15) is 4.79 Å². The third kappa shape index (κ3) is 1.53. The Kier molecular flexibility index (Phi) is 2.52. The van der Waals surface area contributed by atoms with Crippen molar-refractivity contribution < 1.29 is 4.79 Å². The number of carbonyl (C=O) groups excluding carboxylic acids is 1. The Morgan fingerprint density at radius 2 is 2.14 bits per heavy atom. The van der Waals surface area contributed by atoms with Crippen LogP contribution in [-0.4, -0.2) is 10.2 Å². The maximum absolute atomic E-state index is 11.1. The number of halogens is 2. The summed E-state index contributed by atoms with van der Waals surface area (Å²) < 4.78 is 0.856. The van der Waals surface area contributed by atoms with Crippen LogP contribution in [0.5, 0.6) is 0 Å². The van der Waals surface area contributed by atoms with Crippen LogP contribution in [0.15, 0.2) is 34.9 Å². The molecule has 0 fully saturated rings. The van der Waals surface area contributed by atoms with Gasteiger partial charge < -0.3 is 0 Å². The van der Waals surface area contributed by atoms with Gasteiger partial charge in [-0.2, -0.15) is 0 Å². The van der Waals surface area contributed by atoms with Gasteiger partial charge in [-0.1, -0.05) is 12.1 Å². The van der Waals surface area contributed by atoms with Crippen molar-refractivity contribution in [1.82, 2.24) is 4.98 Å². The highest BCUT2D eigenvalue weighted by molar-refractivity contribution is 9.10. The first kappa shape index (κ1) is 9.62. The molecule has 1 aromatic carbocycles. The summed E-state index contributed by atoms with van der Waals surface area (Å²) in [5.74, 6) is 0. The number of hydrogen-bond donors (Lipinski definition) is 0. The molecule has 0 aliphatic rings. The number of benzene rings is 1. The smallest absolute Gasteiger partial charge is 0.253 e. The predicted molar refractivity (Wildman–Crippen MR) is 59.6 cm³/mol. The molecule has 70 valence electrons. The summed E-state index contributed by atoms with van der Waals surface area (Å²) in [6, 6.07) is 7.15. The summed E-state index contributed by atoms with van der Waals surface area (Å²) in [6.45, 7) is 0. The minimum Gasteiger partial charge on any atom is -0.276 e. The zero-order valence-electron chi connectivity index (χ0n) is 7.00. The lowest BCUT2D eigenvalue weighted by Gasteiger charge is -2.02. The molecule has 0 saturated heterocycles. The van der Waals surface area contributed by atoms with Gasteiger partial charge in [-0.05, 0) is 39.7 Å². The van der Waals surface area contributed by atoms with Crippen LogP contribution in [0.1, 0.15) is 10.4 Å². The first-order valence-corrected chi connectivity index (χ1v) is 5.10. The third-order valence-electron chi connectivity index (χ3n) is 1.93.